The molecule has 0 unspecified atom stereocenters. The van der Waals surface area contributed by atoms with E-state index in [-0.39, 0.29) is 13.5 Å². The number of piperidine rings is 1. The van der Waals surface area contributed by atoms with Gasteiger partial charge in [-0.25, -0.2) is 0 Å². The Morgan fingerprint density at radius 3 is 2.30 bits per heavy atom. The van der Waals surface area contributed by atoms with Gasteiger partial charge in [-0.15, -0.1) is 0 Å². The molecule has 1 aromatic heterocycles. The molecule has 2 aromatic rings. The summed E-state index contributed by atoms with van der Waals surface area (Å²) in [4.78, 5) is 30.8. The standard InChI is InChI=1S/C18H25NO.C9H15N.CO2.H2/c1-14-5-4-6-16(11-14)12-15(2)13-18(20)17-7-9-19(3)10-8-17;1-4-9-5-6-10(7-9)8(2)3;2-1-3;/h4-6,11,17H,2,7-10,12-13H2,1,3H3;5-8H,4H2,1-3H3;;1H. The summed E-state index contributed by atoms with van der Waals surface area (Å²) in [5.74, 6) is 0.635. The molecule has 0 bridgehead atoms. The number of aromatic nitrogens is 1. The van der Waals surface area contributed by atoms with Gasteiger partial charge in [0.1, 0.15) is 5.78 Å². The number of hydrogen-bond acceptors (Lipinski definition) is 4. The average Bonchev–Trinajstić information content (AvgIpc) is 3.25. The molecule has 5 heteroatoms. The Morgan fingerprint density at radius 2 is 1.82 bits per heavy atom. The van der Waals surface area contributed by atoms with E-state index < -0.39 is 0 Å². The Balaban J connectivity index is 0.000000654. The highest BCUT2D eigenvalue weighted by atomic mass is 16.2. The van der Waals surface area contributed by atoms with Gasteiger partial charge in [0.25, 0.3) is 0 Å². The number of carbonyl (C=O) groups is 1. The number of ketones is 1. The van der Waals surface area contributed by atoms with Gasteiger partial charge < -0.3 is 9.47 Å². The number of nitrogens with zero attached hydrogens (tertiary/aromatic N) is 2. The summed E-state index contributed by atoms with van der Waals surface area (Å²) in [6, 6.07) is 11.2. The number of benzene rings is 1. The topological polar surface area (TPSA) is 59.4 Å². The first-order valence-corrected chi connectivity index (χ1v) is 11.8. The molecule has 33 heavy (non-hydrogen) atoms. The van der Waals surface area contributed by atoms with Crippen LogP contribution in [-0.4, -0.2) is 41.5 Å². The third kappa shape index (κ3) is 11.1. The molecular weight excluding hydrogens is 412 g/mol. The van der Waals surface area contributed by atoms with Gasteiger partial charge in [-0.1, -0.05) is 48.9 Å². The number of Topliss-reactive ketones (excluding diaryl/α,β-unsaturated/α-hetero) is 1. The second-order valence-corrected chi connectivity index (χ2v) is 9.13. The first-order chi connectivity index (χ1) is 15.7. The van der Waals surface area contributed by atoms with E-state index in [0.29, 0.717) is 18.2 Å². The highest BCUT2D eigenvalue weighted by Crippen LogP contribution is 2.21. The molecule has 1 aliphatic heterocycles. The smallest absolute Gasteiger partial charge is 0.352 e. The van der Waals surface area contributed by atoms with Crippen LogP contribution in [0.2, 0.25) is 0 Å². The van der Waals surface area contributed by atoms with Crippen LogP contribution < -0.4 is 0 Å². The molecule has 3 rings (SSSR count). The van der Waals surface area contributed by atoms with Crippen LogP contribution in [0, 0.1) is 12.8 Å². The highest BCUT2D eigenvalue weighted by molar-refractivity contribution is 5.83. The molecule has 0 radical (unpaired) electrons. The summed E-state index contributed by atoms with van der Waals surface area (Å²) >= 11 is 0. The zero-order chi connectivity index (χ0) is 24.8. The van der Waals surface area contributed by atoms with Crippen molar-refractivity contribution in [1.29, 1.82) is 0 Å². The van der Waals surface area contributed by atoms with Gasteiger partial charge in [-0.05, 0) is 83.8 Å². The van der Waals surface area contributed by atoms with E-state index >= 15 is 0 Å². The van der Waals surface area contributed by atoms with Gasteiger partial charge in [0.2, 0.25) is 0 Å². The number of hydrogen-bond donors (Lipinski definition) is 0. The van der Waals surface area contributed by atoms with Crippen molar-refractivity contribution in [1.82, 2.24) is 9.47 Å². The van der Waals surface area contributed by atoms with Crippen LogP contribution in [0.15, 0.2) is 54.9 Å². The number of allylic oxidation sites excluding steroid dienone is 1. The van der Waals surface area contributed by atoms with E-state index in [4.69, 9.17) is 9.59 Å². The molecule has 1 fully saturated rings. The van der Waals surface area contributed by atoms with E-state index in [2.05, 4.69) is 93.5 Å². The fraction of sp³-hybridized carbons (Fsp3) is 0.500. The number of rotatable bonds is 7. The van der Waals surface area contributed by atoms with Gasteiger partial charge in [0, 0.05) is 32.2 Å². The maximum Gasteiger partial charge on any atom is 0.373 e. The third-order valence-corrected chi connectivity index (χ3v) is 5.91. The van der Waals surface area contributed by atoms with E-state index in [1.165, 1.54) is 16.7 Å². The largest absolute Gasteiger partial charge is 0.373 e. The summed E-state index contributed by atoms with van der Waals surface area (Å²) in [6.07, 6.45) is 9.12. The van der Waals surface area contributed by atoms with Crippen LogP contribution >= 0.6 is 0 Å². The molecule has 0 atom stereocenters. The second kappa shape index (κ2) is 15.2. The minimum Gasteiger partial charge on any atom is -0.352 e. The number of aryl methyl sites for hydroxylation is 2. The fourth-order valence-corrected chi connectivity index (χ4v) is 3.88. The predicted octanol–water partition coefficient (Wildman–Crippen LogP) is 5.69. The Kier molecular flexibility index (Phi) is 13.0. The van der Waals surface area contributed by atoms with Crippen molar-refractivity contribution in [2.45, 2.75) is 65.8 Å². The van der Waals surface area contributed by atoms with Crippen LogP contribution in [0.3, 0.4) is 0 Å². The summed E-state index contributed by atoms with van der Waals surface area (Å²) in [5.41, 5.74) is 4.98. The van der Waals surface area contributed by atoms with Gasteiger partial charge >= 0.3 is 6.15 Å². The number of carbonyl (C=O) groups excluding carboxylic acids is 3. The van der Waals surface area contributed by atoms with Crippen molar-refractivity contribution in [3.63, 3.8) is 0 Å². The van der Waals surface area contributed by atoms with Gasteiger partial charge in [-0.3, -0.25) is 4.79 Å². The van der Waals surface area contributed by atoms with Crippen molar-refractivity contribution >= 4 is 11.9 Å². The lowest BCUT2D eigenvalue weighted by Gasteiger charge is -2.28. The summed E-state index contributed by atoms with van der Waals surface area (Å²) in [5, 5.41) is 0. The maximum absolute atomic E-state index is 12.3. The van der Waals surface area contributed by atoms with Crippen molar-refractivity contribution in [2.75, 3.05) is 20.1 Å². The minimum absolute atomic E-state index is 0. The zero-order valence-electron chi connectivity index (χ0n) is 21.0. The molecule has 1 aromatic carbocycles. The number of likely N-dealkylation sites (tertiary alicyclic amines) is 1. The summed E-state index contributed by atoms with van der Waals surface area (Å²) < 4.78 is 2.23. The fourth-order valence-electron chi connectivity index (χ4n) is 3.88. The van der Waals surface area contributed by atoms with Crippen LogP contribution in [0.4, 0.5) is 0 Å². The molecule has 0 N–H and O–H groups in total. The Morgan fingerprint density at radius 1 is 1.18 bits per heavy atom. The Hall–Kier alpha value is -2.75. The molecule has 2 heterocycles. The van der Waals surface area contributed by atoms with Gasteiger partial charge in [-0.2, -0.15) is 9.59 Å². The van der Waals surface area contributed by atoms with E-state index in [1.54, 1.807) is 0 Å². The maximum atomic E-state index is 12.3. The molecule has 1 saturated heterocycles. The van der Waals surface area contributed by atoms with Crippen LogP contribution in [-0.2, 0) is 27.2 Å². The molecule has 1 aliphatic rings. The van der Waals surface area contributed by atoms with Crippen molar-refractivity contribution in [3.05, 3.63) is 71.6 Å². The van der Waals surface area contributed by atoms with E-state index in [0.717, 1.165) is 44.3 Å². The van der Waals surface area contributed by atoms with Crippen molar-refractivity contribution in [3.8, 4) is 0 Å². The quantitative estimate of drug-likeness (QED) is 0.504. The molecule has 0 amide bonds. The van der Waals surface area contributed by atoms with Gasteiger partial charge in [0.05, 0.1) is 0 Å². The predicted molar refractivity (Wildman–Crippen MR) is 135 cm³/mol. The van der Waals surface area contributed by atoms with Crippen LogP contribution in [0.25, 0.3) is 0 Å². The Bertz CT molecular complexity index is 906. The van der Waals surface area contributed by atoms with E-state index in [9.17, 15) is 4.79 Å². The molecule has 5 nitrogen and oxygen atoms in total. The third-order valence-electron chi connectivity index (χ3n) is 5.91. The lowest BCUT2D eigenvalue weighted by atomic mass is 9.88. The normalized spacial score (nSPS) is 13.9. The second-order valence-electron chi connectivity index (χ2n) is 9.13. The Labute approximate surface area is 201 Å². The molecule has 182 valence electrons. The monoisotopic (exact) mass is 454 g/mol. The molecule has 0 spiro atoms. The summed E-state index contributed by atoms with van der Waals surface area (Å²) in [7, 11) is 2.12. The molecule has 0 aliphatic carbocycles. The first kappa shape index (κ1) is 28.3. The average molecular weight is 455 g/mol. The van der Waals surface area contributed by atoms with Crippen molar-refractivity contribution in [2.24, 2.45) is 5.92 Å². The molecular formula is C28H42N2O3. The molecule has 0 saturated carbocycles. The first-order valence-electron chi connectivity index (χ1n) is 11.8. The highest BCUT2D eigenvalue weighted by Gasteiger charge is 2.23. The van der Waals surface area contributed by atoms with Crippen LogP contribution in [0.5, 0.6) is 0 Å². The SMILES string of the molecule is C=C(CC(=O)C1CCN(C)CC1)Cc1cccc(C)c1.CCc1ccn(C(C)C)c1.O=C=O.[HH]. The lowest BCUT2D eigenvalue weighted by Crippen LogP contribution is -2.33. The minimum atomic E-state index is 0. The van der Waals surface area contributed by atoms with Crippen molar-refractivity contribution < 1.29 is 15.8 Å². The lowest BCUT2D eigenvalue weighted by molar-refractivity contribution is -0.191. The van der Waals surface area contributed by atoms with E-state index in [1.807, 2.05) is 0 Å². The van der Waals surface area contributed by atoms with Crippen LogP contribution in [0.1, 0.15) is 64.2 Å². The zero-order valence-corrected chi connectivity index (χ0v) is 21.0. The van der Waals surface area contributed by atoms with Gasteiger partial charge in [0.15, 0.2) is 0 Å². The summed E-state index contributed by atoms with van der Waals surface area (Å²) in [6.45, 7) is 14.8.